The van der Waals surface area contributed by atoms with Crippen LogP contribution in [0.25, 0.3) is 0 Å². The van der Waals surface area contributed by atoms with Gasteiger partial charge in [0.25, 0.3) is 0 Å². The third-order valence-electron chi connectivity index (χ3n) is 5.78. The molecule has 2 fully saturated rings. The lowest BCUT2D eigenvalue weighted by atomic mass is 9.81. The first-order valence-corrected chi connectivity index (χ1v) is 9.15. The van der Waals surface area contributed by atoms with E-state index in [-0.39, 0.29) is 6.04 Å². The molecule has 1 aliphatic carbocycles. The lowest BCUT2D eigenvalue weighted by molar-refractivity contribution is 0.337. The molecule has 22 heavy (non-hydrogen) atoms. The van der Waals surface area contributed by atoms with E-state index in [9.17, 15) is 0 Å². The van der Waals surface area contributed by atoms with Crippen LogP contribution in [-0.2, 0) is 7.05 Å². The number of imidazole rings is 1. The van der Waals surface area contributed by atoms with Crippen molar-refractivity contribution in [1.29, 1.82) is 0 Å². The van der Waals surface area contributed by atoms with Crippen LogP contribution in [0.1, 0.15) is 81.8 Å². The molecule has 0 amide bonds. The molecule has 0 spiro atoms. The minimum Gasteiger partial charge on any atom is -0.334 e. The first kappa shape index (κ1) is 16.0. The Balaban J connectivity index is 1.64. The van der Waals surface area contributed by atoms with E-state index in [0.717, 1.165) is 24.7 Å². The number of nitrogens with one attached hydrogen (secondary N) is 1. The van der Waals surface area contributed by atoms with Crippen LogP contribution in [0.5, 0.6) is 0 Å². The van der Waals surface area contributed by atoms with Crippen molar-refractivity contribution in [2.45, 2.75) is 76.3 Å². The Kier molecular flexibility index (Phi) is 5.19. The van der Waals surface area contributed by atoms with Gasteiger partial charge in [0, 0.05) is 30.9 Å². The van der Waals surface area contributed by atoms with E-state index in [1.165, 1.54) is 50.6 Å². The van der Waals surface area contributed by atoms with Gasteiger partial charge in [-0.1, -0.05) is 26.2 Å². The molecule has 3 N–H and O–H groups in total. The van der Waals surface area contributed by atoms with Crippen molar-refractivity contribution in [2.75, 3.05) is 6.54 Å². The predicted octanol–water partition coefficient (Wildman–Crippen LogP) is 3.25. The second-order valence-electron chi connectivity index (χ2n) is 7.55. The summed E-state index contributed by atoms with van der Waals surface area (Å²) in [6.45, 7) is 3.52. The second-order valence-corrected chi connectivity index (χ2v) is 7.55. The largest absolute Gasteiger partial charge is 0.334 e. The lowest BCUT2D eigenvalue weighted by Gasteiger charge is -2.28. The molecule has 4 heteroatoms. The van der Waals surface area contributed by atoms with Crippen LogP contribution in [0.3, 0.4) is 0 Å². The molecule has 0 radical (unpaired) electrons. The van der Waals surface area contributed by atoms with Gasteiger partial charge in [-0.3, -0.25) is 0 Å². The average molecular weight is 304 g/mol. The maximum Gasteiger partial charge on any atom is 0.125 e. The number of piperidine rings is 1. The van der Waals surface area contributed by atoms with Crippen LogP contribution < -0.4 is 11.1 Å². The van der Waals surface area contributed by atoms with Crippen LogP contribution in [0, 0.1) is 5.92 Å². The van der Waals surface area contributed by atoms with E-state index in [1.54, 1.807) is 0 Å². The van der Waals surface area contributed by atoms with Crippen LogP contribution in [0.2, 0.25) is 0 Å². The first-order valence-electron chi connectivity index (χ1n) is 9.15. The normalized spacial score (nSPS) is 31.1. The standard InChI is InChI=1S/C18H32N4/c1-13-6-8-14(9-7-13)17-12-21-18(22(17)2)16(19)11-15-5-3-4-10-20-15/h12-16,20H,3-11,19H2,1-2H3/t13?,14?,15?,16-/m0/s1. The number of aromatic nitrogens is 2. The summed E-state index contributed by atoms with van der Waals surface area (Å²) < 4.78 is 2.29. The molecule has 3 rings (SSSR count). The molecule has 1 aromatic heterocycles. The summed E-state index contributed by atoms with van der Waals surface area (Å²) in [5.41, 5.74) is 7.87. The van der Waals surface area contributed by atoms with Gasteiger partial charge in [0.05, 0.1) is 6.04 Å². The third-order valence-corrected chi connectivity index (χ3v) is 5.78. The van der Waals surface area contributed by atoms with Gasteiger partial charge in [-0.2, -0.15) is 0 Å². The van der Waals surface area contributed by atoms with E-state index in [2.05, 4.69) is 35.0 Å². The Labute approximate surface area is 134 Å². The zero-order chi connectivity index (χ0) is 15.5. The molecular weight excluding hydrogens is 272 g/mol. The highest BCUT2D eigenvalue weighted by molar-refractivity contribution is 5.14. The number of nitrogens with zero attached hydrogens (tertiary/aromatic N) is 2. The molecule has 1 aromatic rings. The molecule has 124 valence electrons. The van der Waals surface area contributed by atoms with Gasteiger partial charge >= 0.3 is 0 Å². The highest BCUT2D eigenvalue weighted by atomic mass is 15.1. The molecule has 1 unspecified atom stereocenters. The second kappa shape index (κ2) is 7.14. The summed E-state index contributed by atoms with van der Waals surface area (Å²) in [5.74, 6) is 2.65. The van der Waals surface area contributed by atoms with Crippen molar-refractivity contribution in [2.24, 2.45) is 18.7 Å². The molecule has 2 heterocycles. The van der Waals surface area contributed by atoms with Crippen LogP contribution in [0.15, 0.2) is 6.20 Å². The molecule has 2 atom stereocenters. The van der Waals surface area contributed by atoms with Crippen molar-refractivity contribution in [3.8, 4) is 0 Å². The lowest BCUT2D eigenvalue weighted by Crippen LogP contribution is -2.37. The average Bonchev–Trinajstić information content (AvgIpc) is 2.91. The fourth-order valence-electron chi connectivity index (χ4n) is 4.25. The SMILES string of the molecule is CC1CCC(c2cnc([C@@H](N)CC3CCCCN3)n2C)CC1. The summed E-state index contributed by atoms with van der Waals surface area (Å²) in [6.07, 6.45) is 12.3. The maximum atomic E-state index is 6.47. The molecule has 0 aromatic carbocycles. The highest BCUT2D eigenvalue weighted by Gasteiger charge is 2.25. The zero-order valence-corrected chi connectivity index (χ0v) is 14.2. The van der Waals surface area contributed by atoms with Gasteiger partial charge in [-0.25, -0.2) is 4.98 Å². The summed E-state index contributed by atoms with van der Waals surface area (Å²) in [7, 11) is 2.16. The summed E-state index contributed by atoms with van der Waals surface area (Å²) >= 11 is 0. The minimum absolute atomic E-state index is 0.0527. The van der Waals surface area contributed by atoms with Crippen LogP contribution in [-0.4, -0.2) is 22.1 Å². The van der Waals surface area contributed by atoms with Crippen LogP contribution >= 0.6 is 0 Å². The van der Waals surface area contributed by atoms with E-state index in [1.807, 2.05) is 0 Å². The van der Waals surface area contributed by atoms with Gasteiger partial charge in [-0.05, 0) is 44.6 Å². The molecule has 4 nitrogen and oxygen atoms in total. The smallest absolute Gasteiger partial charge is 0.125 e. The van der Waals surface area contributed by atoms with Crippen molar-refractivity contribution < 1.29 is 0 Å². The molecule has 2 aliphatic rings. The number of hydrogen-bond acceptors (Lipinski definition) is 3. The molecule has 0 bridgehead atoms. The van der Waals surface area contributed by atoms with Crippen molar-refractivity contribution in [3.05, 3.63) is 17.7 Å². The zero-order valence-electron chi connectivity index (χ0n) is 14.2. The fraction of sp³-hybridized carbons (Fsp3) is 0.833. The Morgan fingerprint density at radius 3 is 2.73 bits per heavy atom. The van der Waals surface area contributed by atoms with Gasteiger partial charge in [0.15, 0.2) is 0 Å². The monoisotopic (exact) mass is 304 g/mol. The Morgan fingerprint density at radius 2 is 2.05 bits per heavy atom. The van der Waals surface area contributed by atoms with Gasteiger partial charge in [-0.15, -0.1) is 0 Å². The highest BCUT2D eigenvalue weighted by Crippen LogP contribution is 2.36. The third kappa shape index (κ3) is 3.54. The minimum atomic E-state index is 0.0527. The van der Waals surface area contributed by atoms with E-state index < -0.39 is 0 Å². The summed E-state index contributed by atoms with van der Waals surface area (Å²) in [5, 5.41) is 3.60. The van der Waals surface area contributed by atoms with Gasteiger partial charge < -0.3 is 15.6 Å². The molecule has 1 aliphatic heterocycles. The number of hydrogen-bond donors (Lipinski definition) is 2. The van der Waals surface area contributed by atoms with Crippen molar-refractivity contribution in [1.82, 2.24) is 14.9 Å². The maximum absolute atomic E-state index is 6.47. The van der Waals surface area contributed by atoms with E-state index >= 15 is 0 Å². The number of nitrogens with two attached hydrogens (primary N) is 1. The van der Waals surface area contributed by atoms with E-state index in [4.69, 9.17) is 5.73 Å². The fourth-order valence-corrected chi connectivity index (χ4v) is 4.25. The topological polar surface area (TPSA) is 55.9 Å². The Hall–Kier alpha value is -0.870. The molecular formula is C18H32N4. The van der Waals surface area contributed by atoms with Crippen molar-refractivity contribution >= 4 is 0 Å². The first-order chi connectivity index (χ1) is 10.6. The van der Waals surface area contributed by atoms with Gasteiger partial charge in [0.2, 0.25) is 0 Å². The van der Waals surface area contributed by atoms with Crippen LogP contribution in [0.4, 0.5) is 0 Å². The predicted molar refractivity (Wildman–Crippen MR) is 90.8 cm³/mol. The Bertz CT molecular complexity index is 467. The quantitative estimate of drug-likeness (QED) is 0.898. The van der Waals surface area contributed by atoms with E-state index in [0.29, 0.717) is 12.0 Å². The van der Waals surface area contributed by atoms with Crippen molar-refractivity contribution in [3.63, 3.8) is 0 Å². The summed E-state index contributed by atoms with van der Waals surface area (Å²) in [6, 6.07) is 0.622. The Morgan fingerprint density at radius 1 is 1.27 bits per heavy atom. The molecule has 1 saturated heterocycles. The molecule has 1 saturated carbocycles. The number of rotatable bonds is 4. The van der Waals surface area contributed by atoms with Gasteiger partial charge in [0.1, 0.15) is 5.82 Å². The summed E-state index contributed by atoms with van der Waals surface area (Å²) in [4.78, 5) is 4.69.